The van der Waals surface area contributed by atoms with Crippen LogP contribution in [-0.4, -0.2) is 20.8 Å². The van der Waals surface area contributed by atoms with Gasteiger partial charge in [0.2, 0.25) is 0 Å². The zero-order valence-electron chi connectivity index (χ0n) is 12.6. The number of aryl methyl sites for hydroxylation is 1. The van der Waals surface area contributed by atoms with Crippen molar-refractivity contribution in [3.8, 4) is 11.5 Å². The molecule has 0 bridgehead atoms. The van der Waals surface area contributed by atoms with Crippen LogP contribution in [0.1, 0.15) is 43.2 Å². The lowest BCUT2D eigenvalue weighted by Gasteiger charge is -2.39. The zero-order chi connectivity index (χ0) is 14.8. The van der Waals surface area contributed by atoms with E-state index >= 15 is 0 Å². The summed E-state index contributed by atoms with van der Waals surface area (Å²) in [5, 5.41) is 0.664. The number of ether oxygens (including phenoxy) is 2. The molecule has 112 valence electrons. The van der Waals surface area contributed by atoms with Gasteiger partial charge in [-0.3, -0.25) is 0 Å². The summed E-state index contributed by atoms with van der Waals surface area (Å²) in [5.74, 6) is 1.30. The summed E-state index contributed by atoms with van der Waals surface area (Å²) in [6.45, 7) is 2.71. The van der Waals surface area contributed by atoms with E-state index in [0.717, 1.165) is 24.0 Å². The van der Waals surface area contributed by atoms with E-state index in [1.54, 1.807) is 14.2 Å². The molecule has 1 saturated carbocycles. The second-order valence-corrected chi connectivity index (χ2v) is 6.04. The standard InChI is InChI=1S/C16H24ClNO2/c1-11-9-12(19-2)15(20-3)14(17)13(11)16(10-18)7-5-4-6-8-16/h9H,4-8,10,18H2,1-3H3. The number of benzene rings is 1. The fourth-order valence-electron chi connectivity index (χ4n) is 3.51. The second-order valence-electron chi connectivity index (χ2n) is 5.66. The van der Waals surface area contributed by atoms with E-state index in [9.17, 15) is 0 Å². The van der Waals surface area contributed by atoms with Crippen LogP contribution in [0.5, 0.6) is 11.5 Å². The summed E-state index contributed by atoms with van der Waals surface area (Å²) >= 11 is 6.64. The Bertz CT molecular complexity index is 482. The summed E-state index contributed by atoms with van der Waals surface area (Å²) in [6.07, 6.45) is 5.90. The first-order valence-corrected chi connectivity index (χ1v) is 7.59. The van der Waals surface area contributed by atoms with Crippen LogP contribution in [0.25, 0.3) is 0 Å². The summed E-state index contributed by atoms with van der Waals surface area (Å²) in [7, 11) is 3.26. The van der Waals surface area contributed by atoms with Crippen molar-refractivity contribution in [2.45, 2.75) is 44.4 Å². The predicted molar refractivity (Wildman–Crippen MR) is 83.1 cm³/mol. The Hall–Kier alpha value is -0.930. The number of rotatable bonds is 4. The van der Waals surface area contributed by atoms with E-state index < -0.39 is 0 Å². The molecule has 1 aromatic carbocycles. The highest BCUT2D eigenvalue weighted by atomic mass is 35.5. The van der Waals surface area contributed by atoms with Crippen molar-refractivity contribution in [1.29, 1.82) is 0 Å². The minimum absolute atomic E-state index is 0.0149. The van der Waals surface area contributed by atoms with Gasteiger partial charge in [0.05, 0.1) is 19.2 Å². The zero-order valence-corrected chi connectivity index (χ0v) is 13.3. The molecule has 1 aliphatic rings. The van der Waals surface area contributed by atoms with Crippen LogP contribution in [0.3, 0.4) is 0 Å². The Balaban J connectivity index is 2.60. The Kier molecular flexibility index (Phi) is 4.82. The third kappa shape index (κ3) is 2.49. The highest BCUT2D eigenvalue weighted by Gasteiger charge is 2.37. The van der Waals surface area contributed by atoms with Crippen molar-refractivity contribution in [1.82, 2.24) is 0 Å². The number of halogens is 1. The molecule has 20 heavy (non-hydrogen) atoms. The topological polar surface area (TPSA) is 44.5 Å². The maximum atomic E-state index is 6.64. The van der Waals surface area contributed by atoms with Gasteiger partial charge in [-0.25, -0.2) is 0 Å². The van der Waals surface area contributed by atoms with E-state index in [2.05, 4.69) is 6.92 Å². The molecule has 3 nitrogen and oxygen atoms in total. The van der Waals surface area contributed by atoms with E-state index in [0.29, 0.717) is 23.1 Å². The van der Waals surface area contributed by atoms with Gasteiger partial charge in [-0.05, 0) is 37.0 Å². The smallest absolute Gasteiger partial charge is 0.179 e. The average Bonchev–Trinajstić information content (AvgIpc) is 2.47. The normalized spacial score (nSPS) is 17.9. The summed E-state index contributed by atoms with van der Waals surface area (Å²) in [6, 6.07) is 2.01. The van der Waals surface area contributed by atoms with Crippen LogP contribution in [0.2, 0.25) is 5.02 Å². The van der Waals surface area contributed by atoms with Gasteiger partial charge in [-0.1, -0.05) is 30.9 Å². The van der Waals surface area contributed by atoms with Gasteiger partial charge in [0.1, 0.15) is 0 Å². The van der Waals surface area contributed by atoms with Crippen LogP contribution >= 0.6 is 11.6 Å². The van der Waals surface area contributed by atoms with Gasteiger partial charge in [0.25, 0.3) is 0 Å². The van der Waals surface area contributed by atoms with Crippen molar-refractivity contribution < 1.29 is 9.47 Å². The maximum absolute atomic E-state index is 6.64. The van der Waals surface area contributed by atoms with Gasteiger partial charge >= 0.3 is 0 Å². The van der Waals surface area contributed by atoms with Crippen LogP contribution in [-0.2, 0) is 5.41 Å². The van der Waals surface area contributed by atoms with Gasteiger partial charge < -0.3 is 15.2 Å². The molecule has 0 aromatic heterocycles. The van der Waals surface area contributed by atoms with Crippen molar-refractivity contribution in [3.05, 3.63) is 22.2 Å². The Morgan fingerprint density at radius 2 is 1.85 bits per heavy atom. The average molecular weight is 298 g/mol. The molecule has 0 atom stereocenters. The Morgan fingerprint density at radius 3 is 2.35 bits per heavy atom. The molecule has 0 saturated heterocycles. The minimum Gasteiger partial charge on any atom is -0.493 e. The van der Waals surface area contributed by atoms with Crippen molar-refractivity contribution in [2.24, 2.45) is 5.73 Å². The van der Waals surface area contributed by atoms with Crippen molar-refractivity contribution >= 4 is 11.6 Å². The minimum atomic E-state index is -0.0149. The molecule has 2 N–H and O–H groups in total. The van der Waals surface area contributed by atoms with Crippen LogP contribution in [0.15, 0.2) is 6.07 Å². The molecule has 0 aliphatic heterocycles. The number of hydrogen-bond acceptors (Lipinski definition) is 3. The molecule has 0 radical (unpaired) electrons. The number of methoxy groups -OCH3 is 2. The van der Waals surface area contributed by atoms with Gasteiger partial charge in [0, 0.05) is 12.0 Å². The molecule has 4 heteroatoms. The Labute approximate surface area is 126 Å². The maximum Gasteiger partial charge on any atom is 0.179 e. The molecule has 0 heterocycles. The molecular weight excluding hydrogens is 274 g/mol. The predicted octanol–water partition coefficient (Wildman–Crippen LogP) is 3.83. The van der Waals surface area contributed by atoms with Gasteiger partial charge in [0.15, 0.2) is 11.5 Å². The third-order valence-electron chi connectivity index (χ3n) is 4.54. The first-order valence-electron chi connectivity index (χ1n) is 7.21. The summed E-state index contributed by atoms with van der Waals surface area (Å²) in [5.41, 5.74) is 8.42. The van der Waals surface area contributed by atoms with E-state index in [-0.39, 0.29) is 5.41 Å². The first-order chi connectivity index (χ1) is 9.59. The van der Waals surface area contributed by atoms with E-state index in [1.807, 2.05) is 6.07 Å². The number of nitrogens with two attached hydrogens (primary N) is 1. The van der Waals surface area contributed by atoms with Crippen LogP contribution in [0, 0.1) is 6.92 Å². The van der Waals surface area contributed by atoms with E-state index in [1.165, 1.54) is 19.3 Å². The van der Waals surface area contributed by atoms with Crippen LogP contribution in [0.4, 0.5) is 0 Å². The van der Waals surface area contributed by atoms with Crippen molar-refractivity contribution in [3.63, 3.8) is 0 Å². The molecule has 2 rings (SSSR count). The first kappa shape index (κ1) is 15.5. The summed E-state index contributed by atoms with van der Waals surface area (Å²) in [4.78, 5) is 0. The molecular formula is C16H24ClNO2. The molecule has 1 aromatic rings. The lowest BCUT2D eigenvalue weighted by Crippen LogP contribution is -2.38. The number of hydrogen-bond donors (Lipinski definition) is 1. The second kappa shape index (κ2) is 6.23. The summed E-state index contributed by atoms with van der Waals surface area (Å²) < 4.78 is 10.8. The van der Waals surface area contributed by atoms with E-state index in [4.69, 9.17) is 26.8 Å². The van der Waals surface area contributed by atoms with Crippen molar-refractivity contribution in [2.75, 3.05) is 20.8 Å². The molecule has 0 amide bonds. The molecule has 0 spiro atoms. The monoisotopic (exact) mass is 297 g/mol. The van der Waals surface area contributed by atoms with Gasteiger partial charge in [-0.2, -0.15) is 0 Å². The highest BCUT2D eigenvalue weighted by Crippen LogP contribution is 2.48. The SMILES string of the molecule is COc1cc(C)c(C2(CN)CCCCC2)c(Cl)c1OC. The lowest BCUT2D eigenvalue weighted by atomic mass is 9.68. The highest BCUT2D eigenvalue weighted by molar-refractivity contribution is 6.33. The third-order valence-corrected chi connectivity index (χ3v) is 4.90. The quantitative estimate of drug-likeness (QED) is 0.918. The fourth-order valence-corrected chi connectivity index (χ4v) is 4.03. The molecule has 1 aliphatic carbocycles. The van der Waals surface area contributed by atoms with Crippen LogP contribution < -0.4 is 15.2 Å². The van der Waals surface area contributed by atoms with Gasteiger partial charge in [-0.15, -0.1) is 0 Å². The largest absolute Gasteiger partial charge is 0.493 e. The lowest BCUT2D eigenvalue weighted by molar-refractivity contribution is 0.296. The molecule has 0 unspecified atom stereocenters. The Morgan fingerprint density at radius 1 is 1.20 bits per heavy atom. The molecule has 1 fully saturated rings. The fraction of sp³-hybridized carbons (Fsp3) is 0.625.